The standard InChI is InChI=1S/C23H22BrN5O5/c24-16-10-15(21(34-13-20(25)30)19(11-16)29(32)33)12-26-28-22(14-6-2-1-3-7-14)27-18-9-5-4-8-17(18)23(28)31/h4-5,8-12,14H,1-3,6-7,13H2,(H2,25,30). The Kier molecular flexibility index (Phi) is 7.01. The SMILES string of the molecule is NC(=O)COc1c(C=Nn2c(C3CCCCC3)nc3ccccc3c2=O)cc(Br)cc1[N+](=O)[O-]. The third-order valence-electron chi connectivity index (χ3n) is 5.68. The number of halogens is 1. The first-order chi connectivity index (χ1) is 16.3. The third kappa shape index (κ3) is 4.98. The molecular weight excluding hydrogens is 506 g/mol. The van der Waals surface area contributed by atoms with E-state index in [0.29, 0.717) is 21.2 Å². The number of nitro benzene ring substituents is 1. The largest absolute Gasteiger partial charge is 0.476 e. The van der Waals surface area contributed by atoms with Crippen LogP contribution in [0.2, 0.25) is 0 Å². The fourth-order valence-electron chi connectivity index (χ4n) is 4.13. The summed E-state index contributed by atoms with van der Waals surface area (Å²) in [5.41, 5.74) is 5.27. The summed E-state index contributed by atoms with van der Waals surface area (Å²) in [4.78, 5) is 40.3. The van der Waals surface area contributed by atoms with Gasteiger partial charge in [0.1, 0.15) is 5.82 Å². The highest BCUT2D eigenvalue weighted by Gasteiger charge is 2.24. The van der Waals surface area contributed by atoms with Crippen LogP contribution in [0.25, 0.3) is 10.9 Å². The van der Waals surface area contributed by atoms with E-state index in [0.717, 1.165) is 32.1 Å². The van der Waals surface area contributed by atoms with Crippen LogP contribution in [0.5, 0.6) is 5.75 Å². The van der Waals surface area contributed by atoms with Crippen LogP contribution >= 0.6 is 15.9 Å². The molecular formula is C23H22BrN5O5. The lowest BCUT2D eigenvalue weighted by atomic mass is 9.88. The molecule has 4 rings (SSSR count). The lowest BCUT2D eigenvalue weighted by molar-refractivity contribution is -0.385. The number of aromatic nitrogens is 2. The molecule has 1 aromatic heterocycles. The van der Waals surface area contributed by atoms with Gasteiger partial charge >= 0.3 is 5.69 Å². The molecule has 0 spiro atoms. The van der Waals surface area contributed by atoms with Crippen LogP contribution in [0.15, 0.2) is 50.8 Å². The van der Waals surface area contributed by atoms with Crippen molar-refractivity contribution in [3.05, 3.63) is 72.7 Å². The molecule has 10 nitrogen and oxygen atoms in total. The molecule has 0 saturated heterocycles. The molecule has 2 aromatic carbocycles. The average molecular weight is 528 g/mol. The molecule has 1 heterocycles. The lowest BCUT2D eigenvalue weighted by Gasteiger charge is -2.22. The summed E-state index contributed by atoms with van der Waals surface area (Å²) in [6.07, 6.45) is 6.32. The number of para-hydroxylation sites is 1. The van der Waals surface area contributed by atoms with Gasteiger partial charge in [0.2, 0.25) is 5.75 Å². The molecule has 11 heteroatoms. The van der Waals surface area contributed by atoms with Crippen molar-refractivity contribution in [2.24, 2.45) is 10.8 Å². The fraction of sp³-hybridized carbons (Fsp3) is 0.304. The highest BCUT2D eigenvalue weighted by molar-refractivity contribution is 9.10. The van der Waals surface area contributed by atoms with Crippen LogP contribution in [0, 0.1) is 10.1 Å². The summed E-state index contributed by atoms with van der Waals surface area (Å²) < 4.78 is 7.02. The topological polar surface area (TPSA) is 143 Å². The van der Waals surface area contributed by atoms with Crippen molar-refractivity contribution < 1.29 is 14.5 Å². The summed E-state index contributed by atoms with van der Waals surface area (Å²) >= 11 is 3.25. The maximum absolute atomic E-state index is 13.4. The summed E-state index contributed by atoms with van der Waals surface area (Å²) in [7, 11) is 0. The Morgan fingerprint density at radius 1 is 1.29 bits per heavy atom. The van der Waals surface area contributed by atoms with Crippen molar-refractivity contribution in [3.63, 3.8) is 0 Å². The Bertz CT molecular complexity index is 1350. The number of primary amides is 1. The number of fused-ring (bicyclic) bond motifs is 1. The van der Waals surface area contributed by atoms with Gasteiger partial charge in [-0.05, 0) is 31.0 Å². The molecule has 0 bridgehead atoms. The summed E-state index contributed by atoms with van der Waals surface area (Å²) in [5, 5.41) is 16.4. The minimum atomic E-state index is -0.783. The van der Waals surface area contributed by atoms with Crippen LogP contribution in [0.3, 0.4) is 0 Å². The number of benzene rings is 2. The van der Waals surface area contributed by atoms with Gasteiger partial charge in [-0.3, -0.25) is 19.7 Å². The number of carbonyl (C=O) groups excluding carboxylic acids is 1. The third-order valence-corrected chi connectivity index (χ3v) is 6.14. The van der Waals surface area contributed by atoms with Crippen molar-refractivity contribution in [2.45, 2.75) is 38.0 Å². The second kappa shape index (κ2) is 10.1. The van der Waals surface area contributed by atoms with Crippen molar-refractivity contribution in [1.82, 2.24) is 9.66 Å². The van der Waals surface area contributed by atoms with Gasteiger partial charge in [0.05, 0.1) is 22.0 Å². The summed E-state index contributed by atoms with van der Waals surface area (Å²) in [6, 6.07) is 9.87. The van der Waals surface area contributed by atoms with Crippen LogP contribution in [0.4, 0.5) is 5.69 Å². The molecule has 1 saturated carbocycles. The zero-order valence-corrected chi connectivity index (χ0v) is 19.7. The monoisotopic (exact) mass is 527 g/mol. The van der Waals surface area contributed by atoms with E-state index in [1.54, 1.807) is 24.3 Å². The first-order valence-electron chi connectivity index (χ1n) is 10.8. The Balaban J connectivity index is 1.86. The Morgan fingerprint density at radius 3 is 2.74 bits per heavy atom. The molecule has 0 aliphatic heterocycles. The molecule has 1 aliphatic rings. The first kappa shape index (κ1) is 23.6. The summed E-state index contributed by atoms with van der Waals surface area (Å²) in [5.74, 6) is -0.319. The predicted octanol–water partition coefficient (Wildman–Crippen LogP) is 3.86. The van der Waals surface area contributed by atoms with Gasteiger partial charge in [-0.2, -0.15) is 9.78 Å². The number of amides is 1. The summed E-state index contributed by atoms with van der Waals surface area (Å²) in [6.45, 7) is -0.548. The zero-order chi connectivity index (χ0) is 24.2. The van der Waals surface area contributed by atoms with Gasteiger partial charge in [-0.15, -0.1) is 0 Å². The number of ether oxygens (including phenoxy) is 1. The predicted molar refractivity (Wildman–Crippen MR) is 130 cm³/mol. The quantitative estimate of drug-likeness (QED) is 0.280. The number of carbonyl (C=O) groups is 1. The molecule has 2 N–H and O–H groups in total. The molecule has 1 aliphatic carbocycles. The van der Waals surface area contributed by atoms with E-state index in [1.165, 1.54) is 17.0 Å². The molecule has 1 amide bonds. The lowest BCUT2D eigenvalue weighted by Crippen LogP contribution is -2.25. The smallest absolute Gasteiger partial charge is 0.312 e. The van der Waals surface area contributed by atoms with Gasteiger partial charge < -0.3 is 10.5 Å². The Morgan fingerprint density at radius 2 is 2.03 bits per heavy atom. The van der Waals surface area contributed by atoms with Crippen molar-refractivity contribution in [2.75, 3.05) is 6.61 Å². The van der Waals surface area contributed by atoms with Crippen LogP contribution in [-0.2, 0) is 4.79 Å². The number of nitro groups is 1. The molecule has 0 radical (unpaired) electrons. The van der Waals surface area contributed by atoms with Crippen LogP contribution in [0.1, 0.15) is 49.4 Å². The van der Waals surface area contributed by atoms with E-state index in [9.17, 15) is 19.7 Å². The van der Waals surface area contributed by atoms with Crippen LogP contribution in [-0.4, -0.2) is 33.3 Å². The van der Waals surface area contributed by atoms with E-state index >= 15 is 0 Å². The maximum atomic E-state index is 13.4. The van der Waals surface area contributed by atoms with E-state index in [4.69, 9.17) is 15.5 Å². The van der Waals surface area contributed by atoms with E-state index in [2.05, 4.69) is 21.0 Å². The van der Waals surface area contributed by atoms with Crippen molar-refractivity contribution in [3.8, 4) is 5.75 Å². The fourth-order valence-corrected chi connectivity index (χ4v) is 4.59. The number of hydrogen-bond acceptors (Lipinski definition) is 7. The molecule has 34 heavy (non-hydrogen) atoms. The Labute approximate surface area is 202 Å². The number of nitrogens with two attached hydrogens (primary N) is 1. The van der Waals surface area contributed by atoms with Gasteiger partial charge in [0.15, 0.2) is 6.61 Å². The first-order valence-corrected chi connectivity index (χ1v) is 11.6. The molecule has 176 valence electrons. The highest BCUT2D eigenvalue weighted by Crippen LogP contribution is 2.34. The zero-order valence-electron chi connectivity index (χ0n) is 18.1. The second-order valence-electron chi connectivity index (χ2n) is 8.04. The van der Waals surface area contributed by atoms with Crippen molar-refractivity contribution >= 4 is 44.6 Å². The number of rotatable bonds is 7. The van der Waals surface area contributed by atoms with Gasteiger partial charge in [0, 0.05) is 22.0 Å². The average Bonchev–Trinajstić information content (AvgIpc) is 2.82. The number of hydrogen-bond donors (Lipinski definition) is 1. The minimum absolute atomic E-state index is 0.0747. The highest BCUT2D eigenvalue weighted by atomic mass is 79.9. The second-order valence-corrected chi connectivity index (χ2v) is 8.95. The molecule has 0 atom stereocenters. The maximum Gasteiger partial charge on any atom is 0.312 e. The van der Waals surface area contributed by atoms with E-state index < -0.39 is 17.4 Å². The number of nitrogens with zero attached hydrogens (tertiary/aromatic N) is 4. The molecule has 3 aromatic rings. The normalized spacial score (nSPS) is 14.5. The molecule has 0 unspecified atom stereocenters. The van der Waals surface area contributed by atoms with E-state index in [1.807, 2.05) is 6.07 Å². The molecule has 1 fully saturated rings. The van der Waals surface area contributed by atoms with Gasteiger partial charge in [0.25, 0.3) is 11.5 Å². The minimum Gasteiger partial charge on any atom is -0.476 e. The van der Waals surface area contributed by atoms with E-state index in [-0.39, 0.29) is 28.5 Å². The van der Waals surface area contributed by atoms with Gasteiger partial charge in [-0.1, -0.05) is 47.3 Å². The van der Waals surface area contributed by atoms with Crippen molar-refractivity contribution in [1.29, 1.82) is 0 Å². The Hall–Kier alpha value is -3.60. The van der Waals surface area contributed by atoms with Gasteiger partial charge in [-0.25, -0.2) is 4.98 Å². The van der Waals surface area contributed by atoms with Crippen LogP contribution < -0.4 is 16.0 Å².